The first-order valence-corrected chi connectivity index (χ1v) is 9.60. The molecule has 0 aliphatic carbocycles. The van der Waals surface area contributed by atoms with Gasteiger partial charge >= 0.3 is 12.2 Å². The Morgan fingerprint density at radius 3 is 2.66 bits per heavy atom. The summed E-state index contributed by atoms with van der Waals surface area (Å²) < 4.78 is 46.2. The largest absolute Gasteiger partial charge is 0.453 e. The number of urea groups is 1. The van der Waals surface area contributed by atoms with Gasteiger partial charge in [-0.3, -0.25) is 0 Å². The van der Waals surface area contributed by atoms with E-state index in [1.165, 1.54) is 23.9 Å². The van der Waals surface area contributed by atoms with Gasteiger partial charge in [-0.1, -0.05) is 23.2 Å². The summed E-state index contributed by atoms with van der Waals surface area (Å²) in [4.78, 5) is 20.1. The highest BCUT2D eigenvalue weighted by Gasteiger charge is 2.36. The number of ether oxygens (including phenoxy) is 1. The van der Waals surface area contributed by atoms with Crippen molar-refractivity contribution >= 4 is 51.9 Å². The number of halogens is 5. The van der Waals surface area contributed by atoms with Crippen molar-refractivity contribution in [3.05, 3.63) is 46.2 Å². The van der Waals surface area contributed by atoms with Gasteiger partial charge in [0.1, 0.15) is 0 Å². The zero-order chi connectivity index (χ0) is 23.2. The monoisotopic (exact) mass is 488 g/mol. The van der Waals surface area contributed by atoms with E-state index in [2.05, 4.69) is 30.8 Å². The lowest BCUT2D eigenvalue weighted by Crippen LogP contribution is -2.22. The van der Waals surface area contributed by atoms with Gasteiger partial charge in [-0.15, -0.1) is 5.10 Å². The Bertz CT molecular complexity index is 1340. The van der Waals surface area contributed by atoms with E-state index in [9.17, 15) is 18.0 Å². The predicted octanol–water partition coefficient (Wildman–Crippen LogP) is 4.45. The highest BCUT2D eigenvalue weighted by atomic mass is 35.5. The number of carbonyl (C=O) groups is 1. The zero-order valence-corrected chi connectivity index (χ0v) is 17.8. The number of hydrogen-bond acceptors (Lipinski definition) is 6. The number of methoxy groups -OCH3 is 1. The van der Waals surface area contributed by atoms with E-state index in [1.54, 1.807) is 13.0 Å². The number of fused-ring (bicyclic) bond motifs is 2. The number of aromatic nitrogens is 6. The topological polar surface area (TPSA) is 111 Å². The van der Waals surface area contributed by atoms with Crippen molar-refractivity contribution in [2.75, 3.05) is 17.7 Å². The van der Waals surface area contributed by atoms with Gasteiger partial charge in [0.15, 0.2) is 16.4 Å². The maximum atomic E-state index is 12.9. The standard InChI is InChI=1S/C17H13Cl2F3N8O2/c1-7(32-2)13-10(5-23-12-4-11(19)27-30(12)13)25-16(31)24-8-3-9(18)14-26-15(17(20,21)22)28-29(14)6-8/h3-7H,1-2H3,(H2,24,25,31)/t7-/m0/s1. The lowest BCUT2D eigenvalue weighted by Gasteiger charge is -2.17. The van der Waals surface area contributed by atoms with Gasteiger partial charge in [-0.2, -0.15) is 18.3 Å². The van der Waals surface area contributed by atoms with Crippen molar-refractivity contribution in [2.45, 2.75) is 19.2 Å². The van der Waals surface area contributed by atoms with Crippen molar-refractivity contribution in [1.29, 1.82) is 0 Å². The second-order valence-corrected chi connectivity index (χ2v) is 7.32. The number of carbonyl (C=O) groups excluding carboxylic acids is 1. The Hall–Kier alpha value is -3.16. The summed E-state index contributed by atoms with van der Waals surface area (Å²) in [7, 11) is 1.48. The van der Waals surface area contributed by atoms with Gasteiger partial charge in [0, 0.05) is 13.2 Å². The second-order valence-electron chi connectivity index (χ2n) is 6.53. The lowest BCUT2D eigenvalue weighted by molar-refractivity contribution is -0.144. The number of amides is 2. The molecule has 2 amide bonds. The molecular weight excluding hydrogens is 476 g/mol. The van der Waals surface area contributed by atoms with Crippen molar-refractivity contribution in [3.63, 3.8) is 0 Å². The molecule has 15 heteroatoms. The minimum absolute atomic E-state index is 0.0798. The van der Waals surface area contributed by atoms with Gasteiger partial charge < -0.3 is 15.4 Å². The first kappa shape index (κ1) is 22.0. The number of pyridine rings is 1. The molecule has 0 fully saturated rings. The van der Waals surface area contributed by atoms with Crippen molar-refractivity contribution in [2.24, 2.45) is 0 Å². The number of rotatable bonds is 4. The van der Waals surface area contributed by atoms with Gasteiger partial charge in [0.2, 0.25) is 0 Å². The third-order valence-electron chi connectivity index (χ3n) is 4.38. The Balaban J connectivity index is 1.63. The molecule has 10 nitrogen and oxygen atoms in total. The minimum Gasteiger partial charge on any atom is -0.375 e. The molecule has 0 aromatic carbocycles. The summed E-state index contributed by atoms with van der Waals surface area (Å²) in [6.45, 7) is 1.74. The molecule has 0 aliphatic heterocycles. The van der Waals surface area contributed by atoms with Crippen molar-refractivity contribution < 1.29 is 22.7 Å². The number of alkyl halides is 3. The van der Waals surface area contributed by atoms with Crippen LogP contribution in [0.4, 0.5) is 29.3 Å². The molecule has 168 valence electrons. The summed E-state index contributed by atoms with van der Waals surface area (Å²) in [5.74, 6) is -1.35. The van der Waals surface area contributed by atoms with E-state index in [-0.39, 0.29) is 27.2 Å². The summed E-state index contributed by atoms with van der Waals surface area (Å²) in [5, 5.41) is 12.7. The highest BCUT2D eigenvalue weighted by Crippen LogP contribution is 2.30. The molecule has 1 atom stereocenters. The Morgan fingerprint density at radius 1 is 1.22 bits per heavy atom. The van der Waals surface area contributed by atoms with Crippen LogP contribution in [0.5, 0.6) is 0 Å². The van der Waals surface area contributed by atoms with Crippen LogP contribution in [0.25, 0.3) is 11.3 Å². The minimum atomic E-state index is -4.74. The zero-order valence-electron chi connectivity index (χ0n) is 16.3. The molecule has 4 aromatic heterocycles. The molecule has 0 radical (unpaired) electrons. The fourth-order valence-electron chi connectivity index (χ4n) is 2.94. The fourth-order valence-corrected chi connectivity index (χ4v) is 3.36. The van der Waals surface area contributed by atoms with Gasteiger partial charge in [-0.25, -0.2) is 23.8 Å². The second kappa shape index (κ2) is 8.07. The van der Waals surface area contributed by atoms with Crippen LogP contribution in [0, 0.1) is 0 Å². The van der Waals surface area contributed by atoms with Gasteiger partial charge in [0.05, 0.1) is 40.6 Å². The van der Waals surface area contributed by atoms with Crippen molar-refractivity contribution in [1.82, 2.24) is 29.2 Å². The first-order valence-electron chi connectivity index (χ1n) is 8.85. The highest BCUT2D eigenvalue weighted by molar-refractivity contribution is 6.33. The molecule has 2 N–H and O–H groups in total. The predicted molar refractivity (Wildman–Crippen MR) is 109 cm³/mol. The van der Waals surface area contributed by atoms with E-state index in [1.807, 2.05) is 0 Å². The molecule has 0 saturated heterocycles. The van der Waals surface area contributed by atoms with Crippen LogP contribution < -0.4 is 10.6 Å². The Kier molecular flexibility index (Phi) is 5.56. The summed E-state index contributed by atoms with van der Waals surface area (Å²) in [6.07, 6.45) is -2.68. The van der Waals surface area contributed by atoms with Crippen LogP contribution in [-0.2, 0) is 10.9 Å². The molecule has 4 rings (SSSR count). The lowest BCUT2D eigenvalue weighted by atomic mass is 10.2. The van der Waals surface area contributed by atoms with Crippen LogP contribution >= 0.6 is 23.2 Å². The third kappa shape index (κ3) is 4.13. The average molecular weight is 489 g/mol. The molecule has 4 heterocycles. The van der Waals surface area contributed by atoms with Crippen LogP contribution in [-0.4, -0.2) is 42.3 Å². The summed E-state index contributed by atoms with van der Waals surface area (Å²) in [6, 6.07) is 2.07. The molecule has 32 heavy (non-hydrogen) atoms. The maximum absolute atomic E-state index is 12.9. The van der Waals surface area contributed by atoms with E-state index < -0.39 is 24.1 Å². The first-order chi connectivity index (χ1) is 15.1. The molecular formula is C17H13Cl2F3N8O2. The van der Waals surface area contributed by atoms with Crippen LogP contribution in [0.1, 0.15) is 24.5 Å². The van der Waals surface area contributed by atoms with Crippen LogP contribution in [0.3, 0.4) is 0 Å². The third-order valence-corrected chi connectivity index (χ3v) is 4.84. The van der Waals surface area contributed by atoms with E-state index in [4.69, 9.17) is 27.9 Å². The normalized spacial score (nSPS) is 13.0. The molecule has 0 unspecified atom stereocenters. The number of nitrogens with one attached hydrogen (secondary N) is 2. The van der Waals surface area contributed by atoms with Crippen LogP contribution in [0.15, 0.2) is 24.5 Å². The van der Waals surface area contributed by atoms with E-state index in [0.29, 0.717) is 11.3 Å². The van der Waals surface area contributed by atoms with E-state index in [0.717, 1.165) is 10.7 Å². The summed E-state index contributed by atoms with van der Waals surface area (Å²) >= 11 is 12.0. The Morgan fingerprint density at radius 2 is 1.97 bits per heavy atom. The molecule has 0 saturated carbocycles. The molecule has 4 aromatic rings. The average Bonchev–Trinajstić information content (AvgIpc) is 3.30. The maximum Gasteiger partial charge on any atom is 0.453 e. The number of anilines is 2. The quantitative estimate of drug-likeness (QED) is 0.439. The van der Waals surface area contributed by atoms with E-state index >= 15 is 0 Å². The molecule has 0 aliphatic rings. The Labute approximate surface area is 187 Å². The molecule has 0 spiro atoms. The van der Waals surface area contributed by atoms with Gasteiger partial charge in [0.25, 0.3) is 5.82 Å². The fraction of sp³-hybridized carbons (Fsp3) is 0.235. The summed E-state index contributed by atoms with van der Waals surface area (Å²) in [5.41, 5.74) is 1.07. The SMILES string of the molecule is CO[C@@H](C)c1c(NC(=O)Nc2cc(Cl)c3nc(C(F)(F)F)nn3c2)cnc2cc(Cl)nn12. The number of nitrogens with zero attached hydrogens (tertiary/aromatic N) is 6. The van der Waals surface area contributed by atoms with Gasteiger partial charge in [-0.05, 0) is 13.0 Å². The van der Waals surface area contributed by atoms with Crippen LogP contribution in [0.2, 0.25) is 10.2 Å². The molecule has 0 bridgehead atoms. The smallest absolute Gasteiger partial charge is 0.375 e. The van der Waals surface area contributed by atoms with Crippen molar-refractivity contribution in [3.8, 4) is 0 Å². The number of hydrogen-bond donors (Lipinski definition) is 2.